The molecule has 0 bridgehead atoms. The molecule has 2 rings (SSSR count). The average molecular weight is 294 g/mol. The molecule has 3 nitrogen and oxygen atoms in total. The summed E-state index contributed by atoms with van der Waals surface area (Å²) < 4.78 is 11.8. The number of aromatic nitrogens is 1. The molecule has 0 saturated carbocycles. The van der Waals surface area contributed by atoms with Crippen LogP contribution in [0.4, 0.5) is 0 Å². The van der Waals surface area contributed by atoms with Gasteiger partial charge in [0, 0.05) is 6.20 Å². The topological polar surface area (TPSA) is 31.4 Å². The van der Waals surface area contributed by atoms with Crippen molar-refractivity contribution < 1.29 is 9.47 Å². The van der Waals surface area contributed by atoms with E-state index >= 15 is 0 Å². The minimum absolute atomic E-state index is 0.537. The molecule has 17 heavy (non-hydrogen) atoms. The molecule has 2 aromatic rings. The smallest absolute Gasteiger partial charge is 0.234 e. The van der Waals surface area contributed by atoms with E-state index in [1.807, 2.05) is 37.3 Å². The molecule has 0 spiro atoms. The fourth-order valence-electron chi connectivity index (χ4n) is 1.39. The van der Waals surface area contributed by atoms with Gasteiger partial charge in [0.05, 0.1) is 11.6 Å². The fourth-order valence-corrected chi connectivity index (χ4v) is 1.71. The van der Waals surface area contributed by atoms with Crippen molar-refractivity contribution in [1.29, 1.82) is 0 Å². The predicted molar refractivity (Wildman–Crippen MR) is 69.7 cm³/mol. The molecule has 0 unspecified atom stereocenters. The van der Waals surface area contributed by atoms with Gasteiger partial charge in [-0.3, -0.25) is 0 Å². The summed E-state index contributed by atoms with van der Waals surface area (Å²) in [5, 5.41) is 0. The number of methoxy groups -OCH3 is 1. The van der Waals surface area contributed by atoms with Crippen LogP contribution in [0.15, 0.2) is 41.0 Å². The summed E-state index contributed by atoms with van der Waals surface area (Å²) >= 11 is 3.46. The number of pyridine rings is 1. The Morgan fingerprint density at radius 2 is 1.82 bits per heavy atom. The molecule has 0 fully saturated rings. The molecule has 1 aromatic carbocycles. The molecule has 1 aromatic heterocycles. The number of ether oxygens (including phenoxy) is 2. The zero-order valence-electron chi connectivity index (χ0n) is 9.61. The van der Waals surface area contributed by atoms with Gasteiger partial charge in [-0.1, -0.05) is 12.1 Å². The van der Waals surface area contributed by atoms with Crippen molar-refractivity contribution in [1.82, 2.24) is 4.98 Å². The number of hydrogen-bond acceptors (Lipinski definition) is 3. The minimum Gasteiger partial charge on any atom is -0.493 e. The highest BCUT2D eigenvalue weighted by Crippen LogP contribution is 2.34. The maximum Gasteiger partial charge on any atom is 0.234 e. The molecule has 0 N–H and O–H groups in total. The van der Waals surface area contributed by atoms with Gasteiger partial charge in [-0.25, -0.2) is 4.98 Å². The van der Waals surface area contributed by atoms with E-state index in [2.05, 4.69) is 20.9 Å². The first-order chi connectivity index (χ1) is 8.22. The summed E-state index contributed by atoms with van der Waals surface area (Å²) in [5.41, 5.74) is 1.07. The molecular formula is C13H12BrNO2. The van der Waals surface area contributed by atoms with Gasteiger partial charge in [-0.2, -0.15) is 0 Å². The SMILES string of the molecule is COc1ccccc1Oc1nccc(C)c1Br. The van der Waals surface area contributed by atoms with E-state index in [0.717, 1.165) is 10.0 Å². The van der Waals surface area contributed by atoms with E-state index in [1.165, 1.54) is 0 Å². The van der Waals surface area contributed by atoms with Crippen molar-refractivity contribution in [2.45, 2.75) is 6.92 Å². The van der Waals surface area contributed by atoms with E-state index in [-0.39, 0.29) is 0 Å². The Kier molecular flexibility index (Phi) is 3.64. The first-order valence-electron chi connectivity index (χ1n) is 5.14. The van der Waals surface area contributed by atoms with Gasteiger partial charge in [0.2, 0.25) is 5.88 Å². The van der Waals surface area contributed by atoms with Gasteiger partial charge in [0.25, 0.3) is 0 Å². The van der Waals surface area contributed by atoms with Crippen molar-refractivity contribution in [3.8, 4) is 17.4 Å². The first kappa shape index (κ1) is 11.9. The number of rotatable bonds is 3. The van der Waals surface area contributed by atoms with Gasteiger partial charge in [-0.15, -0.1) is 0 Å². The first-order valence-corrected chi connectivity index (χ1v) is 5.93. The number of para-hydroxylation sites is 2. The molecule has 0 saturated heterocycles. The molecule has 0 amide bonds. The van der Waals surface area contributed by atoms with Gasteiger partial charge >= 0.3 is 0 Å². The Morgan fingerprint density at radius 3 is 2.53 bits per heavy atom. The maximum atomic E-state index is 5.73. The molecular weight excluding hydrogens is 282 g/mol. The monoisotopic (exact) mass is 293 g/mol. The number of halogens is 1. The van der Waals surface area contributed by atoms with E-state index < -0.39 is 0 Å². The van der Waals surface area contributed by atoms with E-state index in [9.17, 15) is 0 Å². The van der Waals surface area contributed by atoms with Gasteiger partial charge in [0.1, 0.15) is 0 Å². The van der Waals surface area contributed by atoms with Crippen molar-refractivity contribution in [2.24, 2.45) is 0 Å². The van der Waals surface area contributed by atoms with Crippen LogP contribution in [0, 0.1) is 6.92 Å². The van der Waals surface area contributed by atoms with E-state index in [0.29, 0.717) is 17.4 Å². The molecule has 0 aliphatic rings. The highest BCUT2D eigenvalue weighted by Gasteiger charge is 2.09. The highest BCUT2D eigenvalue weighted by atomic mass is 79.9. The number of hydrogen-bond donors (Lipinski definition) is 0. The Bertz CT molecular complexity index is 529. The highest BCUT2D eigenvalue weighted by molar-refractivity contribution is 9.10. The fraction of sp³-hybridized carbons (Fsp3) is 0.154. The van der Waals surface area contributed by atoms with Crippen LogP contribution in [0.3, 0.4) is 0 Å². The summed E-state index contributed by atoms with van der Waals surface area (Å²) in [6.07, 6.45) is 1.71. The van der Waals surface area contributed by atoms with Crippen LogP contribution in [0.5, 0.6) is 17.4 Å². The molecule has 0 aliphatic heterocycles. The summed E-state index contributed by atoms with van der Waals surface area (Å²) in [5.74, 6) is 1.87. The third-order valence-corrected chi connectivity index (χ3v) is 3.29. The zero-order valence-corrected chi connectivity index (χ0v) is 11.2. The van der Waals surface area contributed by atoms with Gasteiger partial charge in [0.15, 0.2) is 11.5 Å². The Hall–Kier alpha value is -1.55. The molecule has 0 radical (unpaired) electrons. The lowest BCUT2D eigenvalue weighted by Crippen LogP contribution is -1.93. The van der Waals surface area contributed by atoms with Crippen LogP contribution < -0.4 is 9.47 Å². The van der Waals surface area contributed by atoms with Crippen molar-refractivity contribution in [3.05, 3.63) is 46.6 Å². The van der Waals surface area contributed by atoms with Gasteiger partial charge in [-0.05, 0) is 46.6 Å². The summed E-state index contributed by atoms with van der Waals surface area (Å²) in [4.78, 5) is 4.19. The second-order valence-electron chi connectivity index (χ2n) is 3.50. The Morgan fingerprint density at radius 1 is 1.12 bits per heavy atom. The standard InChI is InChI=1S/C13H12BrNO2/c1-9-7-8-15-13(12(9)14)17-11-6-4-3-5-10(11)16-2/h3-8H,1-2H3. The molecule has 88 valence electrons. The number of nitrogens with zero attached hydrogens (tertiary/aromatic N) is 1. The second-order valence-corrected chi connectivity index (χ2v) is 4.29. The number of benzene rings is 1. The minimum atomic E-state index is 0.537. The van der Waals surface area contributed by atoms with Crippen LogP contribution in [-0.4, -0.2) is 12.1 Å². The average Bonchev–Trinajstić information content (AvgIpc) is 2.35. The lowest BCUT2D eigenvalue weighted by Gasteiger charge is -2.10. The van der Waals surface area contributed by atoms with Crippen LogP contribution >= 0.6 is 15.9 Å². The summed E-state index contributed by atoms with van der Waals surface area (Å²) in [6, 6.07) is 9.39. The van der Waals surface area contributed by atoms with Crippen molar-refractivity contribution in [2.75, 3.05) is 7.11 Å². The third kappa shape index (κ3) is 2.58. The summed E-state index contributed by atoms with van der Waals surface area (Å²) in [7, 11) is 1.61. The summed E-state index contributed by atoms with van der Waals surface area (Å²) in [6.45, 7) is 1.99. The molecule has 1 heterocycles. The lowest BCUT2D eigenvalue weighted by molar-refractivity contribution is 0.373. The normalized spacial score (nSPS) is 10.1. The quantitative estimate of drug-likeness (QED) is 0.858. The van der Waals surface area contributed by atoms with Crippen LogP contribution in [0.1, 0.15) is 5.56 Å². The Labute approximate surface area is 109 Å². The third-order valence-electron chi connectivity index (χ3n) is 2.33. The Balaban J connectivity index is 2.35. The van der Waals surface area contributed by atoms with E-state index in [1.54, 1.807) is 13.3 Å². The zero-order chi connectivity index (χ0) is 12.3. The molecule has 0 atom stereocenters. The van der Waals surface area contributed by atoms with Crippen molar-refractivity contribution >= 4 is 15.9 Å². The lowest BCUT2D eigenvalue weighted by atomic mass is 10.3. The van der Waals surface area contributed by atoms with Gasteiger partial charge < -0.3 is 9.47 Å². The predicted octanol–water partition coefficient (Wildman–Crippen LogP) is 3.95. The molecule has 0 aliphatic carbocycles. The van der Waals surface area contributed by atoms with Crippen LogP contribution in [-0.2, 0) is 0 Å². The second kappa shape index (κ2) is 5.19. The largest absolute Gasteiger partial charge is 0.493 e. The van der Waals surface area contributed by atoms with Crippen LogP contribution in [0.2, 0.25) is 0 Å². The number of aryl methyl sites for hydroxylation is 1. The maximum absolute atomic E-state index is 5.73. The van der Waals surface area contributed by atoms with E-state index in [4.69, 9.17) is 9.47 Å². The van der Waals surface area contributed by atoms with Crippen LogP contribution in [0.25, 0.3) is 0 Å². The molecule has 4 heteroatoms. The van der Waals surface area contributed by atoms with Crippen molar-refractivity contribution in [3.63, 3.8) is 0 Å².